The number of hydrogen-bond donors (Lipinski definition) is 1. The largest absolute Gasteiger partial charge is 0.484 e. The van der Waals surface area contributed by atoms with E-state index in [2.05, 4.69) is 5.32 Å². The maximum Gasteiger partial charge on any atom is 0.258 e. The highest BCUT2D eigenvalue weighted by atomic mass is 35.5. The Hall–Kier alpha value is -2.40. The van der Waals surface area contributed by atoms with Gasteiger partial charge >= 0.3 is 0 Å². The normalized spacial score (nSPS) is 11.6. The molecular formula is C18H17ClFNO3. The van der Waals surface area contributed by atoms with Crippen LogP contribution in [0.4, 0.5) is 4.39 Å². The highest BCUT2D eigenvalue weighted by Crippen LogP contribution is 2.20. The average molecular weight is 350 g/mol. The SMILES string of the molecule is CC(=O)[C@H](Cc1ccccc1)NC(=O)COc1ccc(F)c(Cl)c1. The van der Waals surface area contributed by atoms with Crippen molar-refractivity contribution in [3.05, 3.63) is 64.9 Å². The van der Waals surface area contributed by atoms with Gasteiger partial charge in [-0.2, -0.15) is 0 Å². The molecule has 126 valence electrons. The van der Waals surface area contributed by atoms with Gasteiger partial charge < -0.3 is 10.1 Å². The summed E-state index contributed by atoms with van der Waals surface area (Å²) in [5.74, 6) is -0.865. The topological polar surface area (TPSA) is 55.4 Å². The van der Waals surface area contributed by atoms with Crippen LogP contribution in [0.1, 0.15) is 12.5 Å². The minimum atomic E-state index is -0.625. The molecule has 1 atom stereocenters. The first-order chi connectivity index (χ1) is 11.5. The lowest BCUT2D eigenvalue weighted by atomic mass is 10.0. The fraction of sp³-hybridized carbons (Fsp3) is 0.222. The zero-order valence-electron chi connectivity index (χ0n) is 13.1. The second kappa shape index (κ2) is 8.45. The van der Waals surface area contributed by atoms with E-state index in [1.807, 2.05) is 30.3 Å². The number of nitrogens with one attached hydrogen (secondary N) is 1. The van der Waals surface area contributed by atoms with Gasteiger partial charge in [0.15, 0.2) is 12.4 Å². The molecule has 0 aliphatic rings. The predicted molar refractivity (Wildman–Crippen MR) is 89.7 cm³/mol. The van der Waals surface area contributed by atoms with Crippen LogP contribution in [-0.4, -0.2) is 24.3 Å². The van der Waals surface area contributed by atoms with Crippen molar-refractivity contribution in [1.29, 1.82) is 0 Å². The number of amides is 1. The second-order valence-corrected chi connectivity index (χ2v) is 5.69. The van der Waals surface area contributed by atoms with Crippen LogP contribution in [0.25, 0.3) is 0 Å². The molecule has 0 aliphatic carbocycles. The number of halogens is 2. The summed E-state index contributed by atoms with van der Waals surface area (Å²) in [6, 6.07) is 12.6. The lowest BCUT2D eigenvalue weighted by Crippen LogP contribution is -2.43. The summed E-state index contributed by atoms with van der Waals surface area (Å²) in [6.45, 7) is 1.13. The van der Waals surface area contributed by atoms with E-state index in [-0.39, 0.29) is 23.2 Å². The minimum absolute atomic E-state index is 0.0846. The fourth-order valence-electron chi connectivity index (χ4n) is 2.10. The van der Waals surface area contributed by atoms with E-state index in [9.17, 15) is 14.0 Å². The Labute approximate surface area is 144 Å². The monoisotopic (exact) mass is 349 g/mol. The van der Waals surface area contributed by atoms with E-state index in [4.69, 9.17) is 16.3 Å². The molecule has 2 aromatic carbocycles. The molecule has 0 radical (unpaired) electrons. The quantitative estimate of drug-likeness (QED) is 0.835. The van der Waals surface area contributed by atoms with Gasteiger partial charge in [-0.1, -0.05) is 41.9 Å². The number of hydrogen-bond acceptors (Lipinski definition) is 3. The standard InChI is InChI=1S/C18H17ClFNO3/c1-12(22)17(9-13-5-3-2-4-6-13)21-18(23)11-24-14-7-8-16(20)15(19)10-14/h2-8,10,17H,9,11H2,1H3,(H,21,23)/t17-/m0/s1. The summed E-state index contributed by atoms with van der Waals surface area (Å²) >= 11 is 5.65. The summed E-state index contributed by atoms with van der Waals surface area (Å²) in [4.78, 5) is 23.7. The molecule has 0 unspecified atom stereocenters. The first kappa shape index (κ1) is 17.9. The van der Waals surface area contributed by atoms with Gasteiger partial charge in [0.2, 0.25) is 0 Å². The molecule has 0 saturated heterocycles. The maximum absolute atomic E-state index is 13.1. The molecule has 0 saturated carbocycles. The van der Waals surface area contributed by atoms with Crippen molar-refractivity contribution in [3.8, 4) is 5.75 Å². The van der Waals surface area contributed by atoms with Gasteiger partial charge in [-0.05, 0) is 31.0 Å². The number of ether oxygens (including phenoxy) is 1. The summed E-state index contributed by atoms with van der Waals surface area (Å²) in [5.41, 5.74) is 0.948. The van der Waals surface area contributed by atoms with Gasteiger partial charge in [0, 0.05) is 6.07 Å². The molecular weight excluding hydrogens is 333 g/mol. The molecule has 24 heavy (non-hydrogen) atoms. The zero-order chi connectivity index (χ0) is 17.5. The van der Waals surface area contributed by atoms with Crippen LogP contribution in [-0.2, 0) is 16.0 Å². The Kier molecular flexibility index (Phi) is 6.32. The number of carbonyl (C=O) groups excluding carboxylic acids is 2. The molecule has 2 rings (SSSR count). The van der Waals surface area contributed by atoms with E-state index >= 15 is 0 Å². The van der Waals surface area contributed by atoms with E-state index < -0.39 is 17.8 Å². The minimum Gasteiger partial charge on any atom is -0.484 e. The van der Waals surface area contributed by atoms with Crippen molar-refractivity contribution in [1.82, 2.24) is 5.32 Å². The first-order valence-corrected chi connectivity index (χ1v) is 7.75. The smallest absolute Gasteiger partial charge is 0.258 e. The van der Waals surface area contributed by atoms with Crippen molar-refractivity contribution in [2.45, 2.75) is 19.4 Å². The highest BCUT2D eigenvalue weighted by Gasteiger charge is 2.18. The van der Waals surface area contributed by atoms with E-state index in [1.54, 1.807) is 0 Å². The van der Waals surface area contributed by atoms with Crippen LogP contribution < -0.4 is 10.1 Å². The lowest BCUT2D eigenvalue weighted by molar-refractivity contribution is -0.128. The summed E-state index contributed by atoms with van der Waals surface area (Å²) in [7, 11) is 0. The molecule has 0 heterocycles. The number of rotatable bonds is 7. The molecule has 0 spiro atoms. The van der Waals surface area contributed by atoms with Crippen LogP contribution >= 0.6 is 11.6 Å². The summed E-state index contributed by atoms with van der Waals surface area (Å²) in [6.07, 6.45) is 0.407. The Morgan fingerprint density at radius 3 is 2.54 bits per heavy atom. The molecule has 0 aromatic heterocycles. The molecule has 6 heteroatoms. The van der Waals surface area contributed by atoms with Crippen molar-refractivity contribution < 1.29 is 18.7 Å². The number of carbonyl (C=O) groups is 2. The second-order valence-electron chi connectivity index (χ2n) is 5.29. The number of ketones is 1. The van der Waals surface area contributed by atoms with Gasteiger partial charge in [-0.3, -0.25) is 9.59 Å². The van der Waals surface area contributed by atoms with Crippen molar-refractivity contribution in [2.75, 3.05) is 6.61 Å². The Morgan fingerprint density at radius 1 is 1.21 bits per heavy atom. The predicted octanol–water partition coefficient (Wildman–Crippen LogP) is 3.17. The Morgan fingerprint density at radius 2 is 1.92 bits per heavy atom. The maximum atomic E-state index is 13.1. The third kappa shape index (κ3) is 5.35. The Bertz CT molecular complexity index is 721. The average Bonchev–Trinajstić information content (AvgIpc) is 2.56. The van der Waals surface area contributed by atoms with Gasteiger partial charge in [-0.15, -0.1) is 0 Å². The van der Waals surface area contributed by atoms with Crippen LogP contribution in [0, 0.1) is 5.82 Å². The molecule has 1 N–H and O–H groups in total. The van der Waals surface area contributed by atoms with Crippen LogP contribution in [0.5, 0.6) is 5.75 Å². The first-order valence-electron chi connectivity index (χ1n) is 7.37. The fourth-order valence-corrected chi connectivity index (χ4v) is 2.27. The lowest BCUT2D eigenvalue weighted by Gasteiger charge is -2.16. The third-order valence-electron chi connectivity index (χ3n) is 3.37. The van der Waals surface area contributed by atoms with Crippen molar-refractivity contribution in [3.63, 3.8) is 0 Å². The van der Waals surface area contributed by atoms with Crippen LogP contribution in [0.2, 0.25) is 5.02 Å². The molecule has 0 aliphatic heterocycles. The summed E-state index contributed by atoms with van der Waals surface area (Å²) in [5, 5.41) is 2.56. The van der Waals surface area contributed by atoms with E-state index in [0.29, 0.717) is 6.42 Å². The van der Waals surface area contributed by atoms with Crippen molar-refractivity contribution >= 4 is 23.3 Å². The molecule has 0 fully saturated rings. The third-order valence-corrected chi connectivity index (χ3v) is 3.66. The van der Waals surface area contributed by atoms with Crippen LogP contribution in [0.15, 0.2) is 48.5 Å². The van der Waals surface area contributed by atoms with Gasteiger partial charge in [0.25, 0.3) is 5.91 Å². The molecule has 1 amide bonds. The molecule has 2 aromatic rings. The molecule has 4 nitrogen and oxygen atoms in total. The van der Waals surface area contributed by atoms with Gasteiger partial charge in [0.05, 0.1) is 11.1 Å². The zero-order valence-corrected chi connectivity index (χ0v) is 13.8. The van der Waals surface area contributed by atoms with Gasteiger partial charge in [-0.25, -0.2) is 4.39 Å². The number of Topliss-reactive ketones (excluding diaryl/α,β-unsaturated/α-hetero) is 1. The van der Waals surface area contributed by atoms with E-state index in [1.165, 1.54) is 19.1 Å². The summed E-state index contributed by atoms with van der Waals surface area (Å²) < 4.78 is 18.3. The number of benzene rings is 2. The Balaban J connectivity index is 1.90. The van der Waals surface area contributed by atoms with E-state index in [0.717, 1.165) is 11.6 Å². The highest BCUT2D eigenvalue weighted by molar-refractivity contribution is 6.30. The molecule has 0 bridgehead atoms. The van der Waals surface area contributed by atoms with Crippen molar-refractivity contribution in [2.24, 2.45) is 0 Å². The van der Waals surface area contributed by atoms with Gasteiger partial charge in [0.1, 0.15) is 11.6 Å². The van der Waals surface area contributed by atoms with Crippen LogP contribution in [0.3, 0.4) is 0 Å².